The van der Waals surface area contributed by atoms with Crippen LogP contribution in [-0.4, -0.2) is 33.2 Å². The Balaban J connectivity index is 1.24. The number of aromatic nitrogens is 2. The third-order valence-electron chi connectivity index (χ3n) is 7.08. The summed E-state index contributed by atoms with van der Waals surface area (Å²) in [6, 6.07) is 23.7. The molecule has 0 fully saturated rings. The lowest BCUT2D eigenvalue weighted by atomic mass is 9.86. The van der Waals surface area contributed by atoms with Gasteiger partial charge in [0.25, 0.3) is 11.8 Å². The van der Waals surface area contributed by atoms with Gasteiger partial charge in [0.1, 0.15) is 6.04 Å². The lowest BCUT2D eigenvalue weighted by molar-refractivity contribution is -0.139. The zero-order chi connectivity index (χ0) is 30.7. The van der Waals surface area contributed by atoms with Crippen molar-refractivity contribution in [1.82, 2.24) is 15.5 Å². The van der Waals surface area contributed by atoms with E-state index in [-0.39, 0.29) is 17.7 Å². The Hall–Kier alpha value is -5.18. The first-order valence-electron chi connectivity index (χ1n) is 13.6. The predicted molar refractivity (Wildman–Crippen MR) is 158 cm³/mol. The van der Waals surface area contributed by atoms with Crippen LogP contribution in [0.15, 0.2) is 95.5 Å². The van der Waals surface area contributed by atoms with Gasteiger partial charge in [0.2, 0.25) is 5.82 Å². The molecule has 0 unspecified atom stereocenters. The highest BCUT2D eigenvalue weighted by atomic mass is 19.2. The Kier molecular flexibility index (Phi) is 8.16. The van der Waals surface area contributed by atoms with Crippen LogP contribution in [-0.2, 0) is 16.6 Å². The van der Waals surface area contributed by atoms with E-state index >= 15 is 0 Å². The van der Waals surface area contributed by atoms with Crippen molar-refractivity contribution in [3.63, 3.8) is 0 Å². The van der Waals surface area contributed by atoms with E-state index in [0.29, 0.717) is 39.2 Å². The number of rotatable bonds is 8. The molecule has 0 bridgehead atoms. The summed E-state index contributed by atoms with van der Waals surface area (Å²) in [6.45, 7) is 6.23. The van der Waals surface area contributed by atoms with Gasteiger partial charge < -0.3 is 14.9 Å². The molecule has 1 amide bonds. The summed E-state index contributed by atoms with van der Waals surface area (Å²) in [7, 11) is 0. The molecule has 1 heterocycles. The maximum Gasteiger partial charge on any atom is 0.326 e. The third-order valence-corrected chi connectivity index (χ3v) is 7.08. The van der Waals surface area contributed by atoms with Gasteiger partial charge in [-0.05, 0) is 64.1 Å². The number of nitrogens with one attached hydrogen (secondary N) is 1. The second-order valence-corrected chi connectivity index (χ2v) is 11.2. The van der Waals surface area contributed by atoms with Crippen molar-refractivity contribution in [2.75, 3.05) is 0 Å². The number of aliphatic carboxylic acids is 1. The number of carbonyl (C=O) groups excluding carboxylic acids is 1. The van der Waals surface area contributed by atoms with Crippen LogP contribution in [0.2, 0.25) is 0 Å². The number of carboxylic acid groups (broad SMARTS) is 1. The van der Waals surface area contributed by atoms with Gasteiger partial charge in [-0.2, -0.15) is 4.98 Å². The fraction of sp³-hybridized carbons (Fsp3) is 0.176. The molecule has 0 radical (unpaired) electrons. The highest BCUT2D eigenvalue weighted by Gasteiger charge is 2.22. The van der Waals surface area contributed by atoms with Crippen molar-refractivity contribution in [3.8, 4) is 34.0 Å². The topological polar surface area (TPSA) is 105 Å². The van der Waals surface area contributed by atoms with Gasteiger partial charge in [-0.3, -0.25) is 4.79 Å². The highest BCUT2D eigenvalue weighted by molar-refractivity contribution is 5.96. The molecular formula is C34H29F2N3O4. The van der Waals surface area contributed by atoms with E-state index in [9.17, 15) is 23.5 Å². The molecule has 2 N–H and O–H groups in total. The fourth-order valence-electron chi connectivity index (χ4n) is 4.53. The average molecular weight is 582 g/mol. The largest absolute Gasteiger partial charge is 0.480 e. The molecule has 1 atom stereocenters. The van der Waals surface area contributed by atoms with Crippen LogP contribution in [0.3, 0.4) is 0 Å². The molecule has 0 aliphatic rings. The van der Waals surface area contributed by atoms with Gasteiger partial charge in [-0.25, -0.2) is 13.6 Å². The summed E-state index contributed by atoms with van der Waals surface area (Å²) in [4.78, 5) is 29.1. The van der Waals surface area contributed by atoms with Gasteiger partial charge in [0.05, 0.1) is 0 Å². The number of hydrogen-bond donors (Lipinski definition) is 2. The van der Waals surface area contributed by atoms with Crippen LogP contribution >= 0.6 is 0 Å². The first-order valence-corrected chi connectivity index (χ1v) is 13.6. The minimum Gasteiger partial charge on any atom is -0.480 e. The standard InChI is InChI=1S/C34H29F2N3O4/c1-34(2,3)26-15-12-23(13-16-26)31(40)37-29(33(41)42)18-20-4-6-22(7-5-20)30-38-32(43-39-30)24-10-8-21(9-11-24)25-14-17-27(35)28(36)19-25/h4-17,19,29H,18H2,1-3H3,(H,37,40)(H,41,42)/t29-/m0/s1. The summed E-state index contributed by atoms with van der Waals surface area (Å²) in [6.07, 6.45) is 0.0865. The van der Waals surface area contributed by atoms with Crippen molar-refractivity contribution in [2.45, 2.75) is 38.6 Å². The number of benzene rings is 4. The Bertz CT molecular complexity index is 1760. The first kappa shape index (κ1) is 29.3. The Morgan fingerprint density at radius 3 is 2.02 bits per heavy atom. The molecule has 5 rings (SSSR count). The Labute approximate surface area is 247 Å². The van der Waals surface area contributed by atoms with Crippen molar-refractivity contribution in [3.05, 3.63) is 119 Å². The van der Waals surface area contributed by atoms with Crippen LogP contribution in [0, 0.1) is 11.6 Å². The van der Waals surface area contributed by atoms with Crippen LogP contribution in [0.25, 0.3) is 34.0 Å². The second kappa shape index (κ2) is 12.0. The SMILES string of the molecule is CC(C)(C)c1ccc(C(=O)N[C@@H](Cc2ccc(-c3noc(-c4ccc(-c5ccc(F)c(F)c5)cc4)n3)cc2)C(=O)O)cc1. The normalized spacial score (nSPS) is 12.1. The minimum atomic E-state index is -1.14. The van der Waals surface area contributed by atoms with Crippen LogP contribution < -0.4 is 5.32 Å². The minimum absolute atomic E-state index is 0.0610. The smallest absolute Gasteiger partial charge is 0.326 e. The predicted octanol–water partition coefficient (Wildman–Crippen LogP) is 7.07. The Morgan fingerprint density at radius 1 is 0.814 bits per heavy atom. The quantitative estimate of drug-likeness (QED) is 0.203. The van der Waals surface area contributed by atoms with E-state index in [2.05, 4.69) is 36.2 Å². The number of carbonyl (C=O) groups is 2. The van der Waals surface area contributed by atoms with E-state index in [1.807, 2.05) is 12.1 Å². The maximum atomic E-state index is 13.6. The number of nitrogens with zero attached hydrogens (tertiary/aromatic N) is 2. The van der Waals surface area contributed by atoms with E-state index < -0.39 is 29.6 Å². The molecule has 0 saturated heterocycles. The average Bonchev–Trinajstić information content (AvgIpc) is 3.49. The van der Waals surface area contributed by atoms with Crippen molar-refractivity contribution < 1.29 is 28.0 Å². The summed E-state index contributed by atoms with van der Waals surface area (Å²) in [5.41, 5.74) is 4.65. The summed E-state index contributed by atoms with van der Waals surface area (Å²) in [5.74, 6) is -2.80. The van der Waals surface area contributed by atoms with E-state index in [1.54, 1.807) is 60.7 Å². The number of halogens is 2. The van der Waals surface area contributed by atoms with Crippen molar-refractivity contribution in [1.29, 1.82) is 0 Å². The second-order valence-electron chi connectivity index (χ2n) is 11.2. The van der Waals surface area contributed by atoms with Gasteiger partial charge in [0.15, 0.2) is 11.6 Å². The monoisotopic (exact) mass is 581 g/mol. The fourth-order valence-corrected chi connectivity index (χ4v) is 4.53. The number of hydrogen-bond acceptors (Lipinski definition) is 5. The lowest BCUT2D eigenvalue weighted by Gasteiger charge is -2.19. The third kappa shape index (κ3) is 6.83. The van der Waals surface area contributed by atoms with Gasteiger partial charge >= 0.3 is 5.97 Å². The van der Waals surface area contributed by atoms with Crippen LogP contribution in [0.1, 0.15) is 42.3 Å². The van der Waals surface area contributed by atoms with Crippen molar-refractivity contribution >= 4 is 11.9 Å². The summed E-state index contributed by atoms with van der Waals surface area (Å²) in [5, 5.41) is 16.4. The van der Waals surface area contributed by atoms with Gasteiger partial charge in [-0.15, -0.1) is 0 Å². The molecule has 0 spiro atoms. The lowest BCUT2D eigenvalue weighted by Crippen LogP contribution is -2.42. The summed E-state index contributed by atoms with van der Waals surface area (Å²) >= 11 is 0. The zero-order valence-electron chi connectivity index (χ0n) is 23.8. The number of carboxylic acids is 1. The molecule has 0 aliphatic heterocycles. The van der Waals surface area contributed by atoms with E-state index in [4.69, 9.17) is 4.52 Å². The highest BCUT2D eigenvalue weighted by Crippen LogP contribution is 2.27. The van der Waals surface area contributed by atoms with Crippen LogP contribution in [0.5, 0.6) is 0 Å². The first-order chi connectivity index (χ1) is 20.5. The molecule has 1 aromatic heterocycles. The van der Waals surface area contributed by atoms with Crippen molar-refractivity contribution in [2.24, 2.45) is 0 Å². The van der Waals surface area contributed by atoms with E-state index in [0.717, 1.165) is 17.7 Å². The molecule has 218 valence electrons. The molecule has 7 nitrogen and oxygen atoms in total. The molecular weight excluding hydrogens is 552 g/mol. The van der Waals surface area contributed by atoms with E-state index in [1.165, 1.54) is 6.07 Å². The zero-order valence-corrected chi connectivity index (χ0v) is 23.8. The van der Waals surface area contributed by atoms with Crippen LogP contribution in [0.4, 0.5) is 8.78 Å². The Morgan fingerprint density at radius 2 is 1.42 bits per heavy atom. The molecule has 5 aromatic rings. The maximum absolute atomic E-state index is 13.6. The summed E-state index contributed by atoms with van der Waals surface area (Å²) < 4.78 is 32.3. The number of amides is 1. The van der Waals surface area contributed by atoms with Gasteiger partial charge in [0, 0.05) is 23.1 Å². The molecule has 0 aliphatic carbocycles. The molecule has 43 heavy (non-hydrogen) atoms. The molecule has 4 aromatic carbocycles. The molecule has 0 saturated carbocycles. The van der Waals surface area contributed by atoms with Gasteiger partial charge in [-0.1, -0.05) is 80.5 Å². The molecule has 9 heteroatoms.